The van der Waals surface area contributed by atoms with Gasteiger partial charge in [0.15, 0.2) is 0 Å². The van der Waals surface area contributed by atoms with Crippen LogP contribution in [0, 0.1) is 0 Å². The number of para-hydroxylation sites is 1. The standard InChI is InChI=1S/C12H11NO4/c14-10(15)4-7-2-1-3-9-8(5-11(16)17)6-13-12(7)9/h1-3,6,13H,4-5H2,(H,14,15)(H,16,17). The quantitative estimate of drug-likeness (QED) is 0.744. The lowest BCUT2D eigenvalue weighted by Crippen LogP contribution is -2.01. The predicted octanol–water partition coefficient (Wildman–Crippen LogP) is 1.42. The highest BCUT2D eigenvalue weighted by Gasteiger charge is 2.11. The molecule has 0 fully saturated rings. The summed E-state index contributed by atoms with van der Waals surface area (Å²) in [7, 11) is 0. The lowest BCUT2D eigenvalue weighted by molar-refractivity contribution is -0.137. The van der Waals surface area contributed by atoms with E-state index in [-0.39, 0.29) is 12.8 Å². The van der Waals surface area contributed by atoms with Gasteiger partial charge in [-0.05, 0) is 11.1 Å². The number of hydrogen-bond donors (Lipinski definition) is 3. The van der Waals surface area contributed by atoms with Gasteiger partial charge in [0, 0.05) is 17.1 Å². The van der Waals surface area contributed by atoms with Gasteiger partial charge in [0.2, 0.25) is 0 Å². The number of aliphatic carboxylic acids is 2. The van der Waals surface area contributed by atoms with Gasteiger partial charge in [0.1, 0.15) is 0 Å². The SMILES string of the molecule is O=C(O)Cc1c[nH]c2c(CC(=O)O)cccc12. The topological polar surface area (TPSA) is 90.4 Å². The Kier molecular flexibility index (Phi) is 2.82. The molecule has 0 amide bonds. The van der Waals surface area contributed by atoms with E-state index in [0.717, 1.165) is 5.39 Å². The zero-order valence-corrected chi connectivity index (χ0v) is 8.93. The van der Waals surface area contributed by atoms with Crippen LogP contribution in [0.1, 0.15) is 11.1 Å². The second-order valence-electron chi connectivity index (χ2n) is 3.79. The molecule has 0 saturated carbocycles. The second kappa shape index (κ2) is 4.29. The Balaban J connectivity index is 2.48. The molecule has 2 aromatic rings. The Hall–Kier alpha value is -2.30. The molecule has 1 aromatic carbocycles. The number of hydrogen-bond acceptors (Lipinski definition) is 2. The van der Waals surface area contributed by atoms with Crippen LogP contribution in [0.4, 0.5) is 0 Å². The molecule has 17 heavy (non-hydrogen) atoms. The molecule has 0 aliphatic carbocycles. The molecule has 0 aliphatic rings. The van der Waals surface area contributed by atoms with Crippen LogP contribution in [0.5, 0.6) is 0 Å². The van der Waals surface area contributed by atoms with E-state index in [9.17, 15) is 9.59 Å². The van der Waals surface area contributed by atoms with E-state index in [1.165, 1.54) is 0 Å². The number of rotatable bonds is 4. The molecule has 0 spiro atoms. The number of aromatic amines is 1. The van der Waals surface area contributed by atoms with E-state index in [4.69, 9.17) is 10.2 Å². The normalized spacial score (nSPS) is 10.6. The highest BCUT2D eigenvalue weighted by molar-refractivity contribution is 5.90. The van der Waals surface area contributed by atoms with Gasteiger partial charge in [0.05, 0.1) is 12.8 Å². The van der Waals surface area contributed by atoms with Crippen molar-refractivity contribution >= 4 is 22.8 Å². The van der Waals surface area contributed by atoms with E-state index in [1.54, 1.807) is 24.4 Å². The zero-order valence-electron chi connectivity index (χ0n) is 8.93. The summed E-state index contributed by atoms with van der Waals surface area (Å²) >= 11 is 0. The van der Waals surface area contributed by atoms with Gasteiger partial charge in [-0.3, -0.25) is 9.59 Å². The van der Waals surface area contributed by atoms with Crippen molar-refractivity contribution in [1.82, 2.24) is 4.98 Å². The Labute approximate surface area is 96.7 Å². The minimum atomic E-state index is -0.910. The van der Waals surface area contributed by atoms with Gasteiger partial charge in [-0.25, -0.2) is 0 Å². The van der Waals surface area contributed by atoms with Crippen molar-refractivity contribution in [3.8, 4) is 0 Å². The van der Waals surface area contributed by atoms with Gasteiger partial charge < -0.3 is 15.2 Å². The minimum absolute atomic E-state index is 0.0729. The minimum Gasteiger partial charge on any atom is -0.481 e. The number of nitrogens with one attached hydrogen (secondary N) is 1. The Bertz CT molecular complexity index is 585. The summed E-state index contributed by atoms with van der Waals surface area (Å²) in [6.45, 7) is 0. The van der Waals surface area contributed by atoms with Crippen LogP contribution in [0.15, 0.2) is 24.4 Å². The highest BCUT2D eigenvalue weighted by Crippen LogP contribution is 2.22. The van der Waals surface area contributed by atoms with Gasteiger partial charge in [-0.1, -0.05) is 18.2 Å². The van der Waals surface area contributed by atoms with Crippen molar-refractivity contribution < 1.29 is 19.8 Å². The summed E-state index contributed by atoms with van der Waals surface area (Å²) in [4.78, 5) is 24.3. The first-order valence-electron chi connectivity index (χ1n) is 5.09. The average Bonchev–Trinajstić information content (AvgIpc) is 2.61. The van der Waals surface area contributed by atoms with Crippen molar-refractivity contribution in [3.63, 3.8) is 0 Å². The van der Waals surface area contributed by atoms with E-state index in [2.05, 4.69) is 4.98 Å². The predicted molar refractivity (Wildman–Crippen MR) is 61.0 cm³/mol. The van der Waals surface area contributed by atoms with Crippen LogP contribution in [-0.4, -0.2) is 27.1 Å². The molecule has 2 rings (SSSR count). The van der Waals surface area contributed by atoms with Gasteiger partial charge in [-0.2, -0.15) is 0 Å². The molecule has 1 aromatic heterocycles. The number of aromatic nitrogens is 1. The molecule has 0 aliphatic heterocycles. The van der Waals surface area contributed by atoms with E-state index in [1.807, 2.05) is 0 Å². The lowest BCUT2D eigenvalue weighted by atomic mass is 10.1. The van der Waals surface area contributed by atoms with Crippen molar-refractivity contribution in [2.24, 2.45) is 0 Å². The first-order valence-corrected chi connectivity index (χ1v) is 5.09. The number of H-pyrrole nitrogens is 1. The molecule has 3 N–H and O–H groups in total. The first-order chi connectivity index (χ1) is 8.08. The third-order valence-electron chi connectivity index (χ3n) is 2.57. The Morgan fingerprint density at radius 2 is 1.71 bits per heavy atom. The van der Waals surface area contributed by atoms with Crippen LogP contribution < -0.4 is 0 Å². The Morgan fingerprint density at radius 1 is 1.06 bits per heavy atom. The molecular weight excluding hydrogens is 222 g/mol. The average molecular weight is 233 g/mol. The fraction of sp³-hybridized carbons (Fsp3) is 0.167. The summed E-state index contributed by atoms with van der Waals surface area (Å²) in [5.74, 6) is -1.82. The van der Waals surface area contributed by atoms with E-state index < -0.39 is 11.9 Å². The van der Waals surface area contributed by atoms with E-state index in [0.29, 0.717) is 16.6 Å². The maximum atomic E-state index is 10.7. The number of benzene rings is 1. The molecule has 0 radical (unpaired) electrons. The fourth-order valence-corrected chi connectivity index (χ4v) is 1.89. The van der Waals surface area contributed by atoms with Crippen molar-refractivity contribution in [3.05, 3.63) is 35.5 Å². The molecule has 1 heterocycles. The summed E-state index contributed by atoms with van der Waals surface area (Å²) in [5.41, 5.74) is 2.03. The highest BCUT2D eigenvalue weighted by atomic mass is 16.4. The molecular formula is C12H11NO4. The van der Waals surface area contributed by atoms with Gasteiger partial charge in [-0.15, -0.1) is 0 Å². The maximum absolute atomic E-state index is 10.7. The first kappa shape index (κ1) is 11.2. The lowest BCUT2D eigenvalue weighted by Gasteiger charge is -2.00. The van der Waals surface area contributed by atoms with Crippen LogP contribution in [0.2, 0.25) is 0 Å². The van der Waals surface area contributed by atoms with Crippen LogP contribution in [0.25, 0.3) is 10.9 Å². The van der Waals surface area contributed by atoms with Gasteiger partial charge >= 0.3 is 11.9 Å². The molecule has 5 heteroatoms. The molecule has 5 nitrogen and oxygen atoms in total. The van der Waals surface area contributed by atoms with Crippen molar-refractivity contribution in [1.29, 1.82) is 0 Å². The number of carbonyl (C=O) groups is 2. The largest absolute Gasteiger partial charge is 0.481 e. The van der Waals surface area contributed by atoms with Crippen LogP contribution >= 0.6 is 0 Å². The smallest absolute Gasteiger partial charge is 0.307 e. The van der Waals surface area contributed by atoms with Crippen LogP contribution in [-0.2, 0) is 22.4 Å². The second-order valence-corrected chi connectivity index (χ2v) is 3.79. The number of fused-ring (bicyclic) bond motifs is 1. The zero-order chi connectivity index (χ0) is 12.4. The molecule has 0 bridgehead atoms. The number of carboxylic acids is 2. The fourth-order valence-electron chi connectivity index (χ4n) is 1.89. The van der Waals surface area contributed by atoms with Crippen LogP contribution in [0.3, 0.4) is 0 Å². The molecule has 88 valence electrons. The van der Waals surface area contributed by atoms with E-state index >= 15 is 0 Å². The maximum Gasteiger partial charge on any atom is 0.307 e. The van der Waals surface area contributed by atoms with Crippen molar-refractivity contribution in [2.75, 3.05) is 0 Å². The summed E-state index contributed by atoms with van der Waals surface area (Å²) < 4.78 is 0. The summed E-state index contributed by atoms with van der Waals surface area (Å²) in [6, 6.07) is 5.24. The summed E-state index contributed by atoms with van der Waals surface area (Å²) in [6.07, 6.45) is 1.46. The Morgan fingerprint density at radius 3 is 2.35 bits per heavy atom. The molecule has 0 saturated heterocycles. The molecule has 0 unspecified atom stereocenters. The number of carboxylic acid groups (broad SMARTS) is 2. The monoisotopic (exact) mass is 233 g/mol. The third kappa shape index (κ3) is 2.28. The molecule has 0 atom stereocenters. The van der Waals surface area contributed by atoms with Crippen molar-refractivity contribution in [2.45, 2.75) is 12.8 Å². The summed E-state index contributed by atoms with van der Waals surface area (Å²) in [5, 5.41) is 18.3. The third-order valence-corrected chi connectivity index (χ3v) is 2.57. The van der Waals surface area contributed by atoms with Gasteiger partial charge in [0.25, 0.3) is 0 Å².